The number of carbonyl (C=O) groups excluding carboxylic acids is 2. The lowest BCUT2D eigenvalue weighted by atomic mass is 10.1. The first-order valence-electron chi connectivity index (χ1n) is 14.1. The molecule has 0 saturated carbocycles. The Morgan fingerprint density at radius 2 is 1.70 bits per heavy atom. The van der Waals surface area contributed by atoms with Crippen molar-refractivity contribution in [2.24, 2.45) is 4.99 Å². The Morgan fingerprint density at radius 1 is 1.00 bits per heavy atom. The highest BCUT2D eigenvalue weighted by atomic mass is 32.2. The molecule has 2 heterocycles. The zero-order valence-corrected chi connectivity index (χ0v) is 26.1. The van der Waals surface area contributed by atoms with E-state index in [2.05, 4.69) is 5.32 Å². The highest BCUT2D eigenvalue weighted by Crippen LogP contribution is 2.33. The van der Waals surface area contributed by atoms with Gasteiger partial charge in [0.15, 0.2) is 5.17 Å². The summed E-state index contributed by atoms with van der Waals surface area (Å²) >= 11 is 1.22. The lowest BCUT2D eigenvalue weighted by molar-refractivity contribution is -0.128. The van der Waals surface area contributed by atoms with Crippen LogP contribution in [0.3, 0.4) is 0 Å². The zero-order valence-electron chi connectivity index (χ0n) is 24.5. The molecule has 0 bridgehead atoms. The normalized spacial score (nSPS) is 18.4. The van der Waals surface area contributed by atoms with Crippen LogP contribution in [0.15, 0.2) is 82.7 Å². The maximum atomic E-state index is 13.6. The second-order valence-electron chi connectivity index (χ2n) is 10.1. The molecule has 0 aromatic heterocycles. The predicted molar refractivity (Wildman–Crippen MR) is 169 cm³/mol. The van der Waals surface area contributed by atoms with Gasteiger partial charge in [0, 0.05) is 26.1 Å². The summed E-state index contributed by atoms with van der Waals surface area (Å²) in [6.07, 6.45) is 0.502. The minimum absolute atomic E-state index is 0.0592. The minimum atomic E-state index is -3.65. The molecule has 0 radical (unpaired) electrons. The van der Waals surface area contributed by atoms with Crippen LogP contribution in [0.25, 0.3) is 0 Å². The van der Waals surface area contributed by atoms with Gasteiger partial charge in [0.05, 0.1) is 43.7 Å². The molecule has 2 amide bonds. The van der Waals surface area contributed by atoms with Gasteiger partial charge in [-0.05, 0) is 60.5 Å². The number of anilines is 1. The van der Waals surface area contributed by atoms with Crippen molar-refractivity contribution in [3.8, 4) is 11.5 Å². The Balaban J connectivity index is 1.34. The molecular weight excluding hydrogens is 604 g/mol. The Bertz CT molecular complexity index is 1610. The number of carbonyl (C=O) groups is 2. The molecule has 44 heavy (non-hydrogen) atoms. The molecule has 0 spiro atoms. The standard InChI is InChI=1S/C31H34N4O7S2/c1-40-24-11-7-22(8-12-24)15-16-35-30(37)28(21-29(36)33-26-5-3-4-6-27(26)41-2)43-31(35)32-23-9-13-25(14-10-23)44(38,39)34-17-19-42-20-18-34/h3-14,28H,15-21H2,1-2H3,(H,33,36). The number of para-hydroxylation sites is 2. The van der Waals surface area contributed by atoms with Crippen molar-refractivity contribution in [2.75, 3.05) is 52.4 Å². The predicted octanol–water partition coefficient (Wildman–Crippen LogP) is 3.93. The average Bonchev–Trinajstić information content (AvgIpc) is 3.33. The number of amidine groups is 1. The Morgan fingerprint density at radius 3 is 2.39 bits per heavy atom. The molecular formula is C31H34N4O7S2. The summed E-state index contributed by atoms with van der Waals surface area (Å²) in [5.74, 6) is 0.719. The van der Waals surface area contributed by atoms with E-state index in [-0.39, 0.29) is 23.1 Å². The van der Waals surface area contributed by atoms with E-state index in [1.165, 1.54) is 35.3 Å². The molecule has 11 nitrogen and oxygen atoms in total. The number of nitrogens with one attached hydrogen (secondary N) is 1. The fraction of sp³-hybridized carbons (Fsp3) is 0.323. The van der Waals surface area contributed by atoms with E-state index in [0.29, 0.717) is 61.6 Å². The van der Waals surface area contributed by atoms with Gasteiger partial charge in [-0.3, -0.25) is 14.5 Å². The van der Waals surface area contributed by atoms with Crippen LogP contribution >= 0.6 is 11.8 Å². The maximum Gasteiger partial charge on any atom is 0.243 e. The summed E-state index contributed by atoms with van der Waals surface area (Å²) in [4.78, 5) is 33.1. The third-order valence-corrected chi connectivity index (χ3v) is 10.3. The monoisotopic (exact) mass is 638 g/mol. The third-order valence-electron chi connectivity index (χ3n) is 7.22. The first kappa shape index (κ1) is 31.5. The summed E-state index contributed by atoms with van der Waals surface area (Å²) in [6.45, 7) is 1.69. The topological polar surface area (TPSA) is 127 Å². The largest absolute Gasteiger partial charge is 0.497 e. The molecule has 3 aromatic rings. The number of benzene rings is 3. The van der Waals surface area contributed by atoms with E-state index in [1.807, 2.05) is 24.3 Å². The number of morpholine rings is 1. The number of ether oxygens (including phenoxy) is 3. The quantitative estimate of drug-likeness (QED) is 0.335. The molecule has 2 saturated heterocycles. The fourth-order valence-corrected chi connectivity index (χ4v) is 7.41. The van der Waals surface area contributed by atoms with Gasteiger partial charge in [-0.25, -0.2) is 13.4 Å². The molecule has 2 aliphatic rings. The van der Waals surface area contributed by atoms with Crippen molar-refractivity contribution in [1.82, 2.24) is 9.21 Å². The minimum Gasteiger partial charge on any atom is -0.497 e. The molecule has 13 heteroatoms. The average molecular weight is 639 g/mol. The molecule has 1 atom stereocenters. The number of hydrogen-bond donors (Lipinski definition) is 1. The van der Waals surface area contributed by atoms with Crippen LogP contribution in [0.2, 0.25) is 0 Å². The van der Waals surface area contributed by atoms with E-state index >= 15 is 0 Å². The number of hydrogen-bond acceptors (Lipinski definition) is 9. The van der Waals surface area contributed by atoms with Crippen LogP contribution in [0, 0.1) is 0 Å². The molecule has 1 unspecified atom stereocenters. The summed E-state index contributed by atoms with van der Waals surface area (Å²) < 4.78 is 43.3. The molecule has 3 aromatic carbocycles. The fourth-order valence-electron chi connectivity index (χ4n) is 4.82. The van der Waals surface area contributed by atoms with Gasteiger partial charge >= 0.3 is 0 Å². The van der Waals surface area contributed by atoms with E-state index < -0.39 is 15.3 Å². The number of sulfonamides is 1. The second-order valence-corrected chi connectivity index (χ2v) is 13.2. The van der Waals surface area contributed by atoms with Crippen LogP contribution in [0.4, 0.5) is 11.4 Å². The van der Waals surface area contributed by atoms with Gasteiger partial charge in [0.25, 0.3) is 0 Å². The van der Waals surface area contributed by atoms with Crippen LogP contribution in [-0.2, 0) is 30.8 Å². The Kier molecular flexibility index (Phi) is 10.2. The molecule has 232 valence electrons. The van der Waals surface area contributed by atoms with Gasteiger partial charge in [-0.1, -0.05) is 36.0 Å². The van der Waals surface area contributed by atoms with E-state index in [1.54, 1.807) is 48.4 Å². The Labute approximate surface area is 261 Å². The van der Waals surface area contributed by atoms with Crippen LogP contribution in [0.1, 0.15) is 12.0 Å². The number of thioether (sulfide) groups is 1. The van der Waals surface area contributed by atoms with Crippen molar-refractivity contribution < 1.29 is 32.2 Å². The lowest BCUT2D eigenvalue weighted by Gasteiger charge is -2.26. The van der Waals surface area contributed by atoms with Crippen molar-refractivity contribution >= 4 is 50.1 Å². The van der Waals surface area contributed by atoms with Crippen molar-refractivity contribution in [3.63, 3.8) is 0 Å². The summed E-state index contributed by atoms with van der Waals surface area (Å²) in [5, 5.41) is 2.60. The number of rotatable bonds is 11. The molecule has 5 rings (SSSR count). The first-order chi connectivity index (χ1) is 21.3. The summed E-state index contributed by atoms with van der Waals surface area (Å²) in [5.41, 5.74) is 2.03. The van der Waals surface area contributed by atoms with Crippen LogP contribution in [0.5, 0.6) is 11.5 Å². The second kappa shape index (κ2) is 14.2. The number of methoxy groups -OCH3 is 2. The third kappa shape index (κ3) is 7.41. The van der Waals surface area contributed by atoms with E-state index in [4.69, 9.17) is 19.2 Å². The van der Waals surface area contributed by atoms with Crippen molar-refractivity contribution in [2.45, 2.75) is 23.0 Å². The summed E-state index contributed by atoms with van der Waals surface area (Å²) in [6, 6.07) is 21.0. The molecule has 1 N–H and O–H groups in total. The van der Waals surface area contributed by atoms with E-state index in [9.17, 15) is 18.0 Å². The maximum absolute atomic E-state index is 13.6. The lowest BCUT2D eigenvalue weighted by Crippen LogP contribution is -2.40. The smallest absolute Gasteiger partial charge is 0.243 e. The van der Waals surface area contributed by atoms with E-state index in [0.717, 1.165) is 11.3 Å². The SMILES string of the molecule is COc1ccc(CCN2C(=O)C(CC(=O)Nc3ccccc3OC)SC2=Nc2ccc(S(=O)(=O)N3CCOCC3)cc2)cc1. The van der Waals surface area contributed by atoms with Gasteiger partial charge in [-0.15, -0.1) is 0 Å². The number of amides is 2. The highest BCUT2D eigenvalue weighted by molar-refractivity contribution is 8.15. The zero-order chi connectivity index (χ0) is 31.1. The van der Waals surface area contributed by atoms with Crippen molar-refractivity contribution in [3.05, 3.63) is 78.4 Å². The summed E-state index contributed by atoms with van der Waals surface area (Å²) in [7, 11) is -0.523. The first-order valence-corrected chi connectivity index (χ1v) is 16.4. The highest BCUT2D eigenvalue weighted by Gasteiger charge is 2.39. The number of aliphatic imine (C=N–C) groups is 1. The van der Waals surface area contributed by atoms with Gasteiger partial charge in [0.2, 0.25) is 21.8 Å². The van der Waals surface area contributed by atoms with Gasteiger partial charge < -0.3 is 19.5 Å². The van der Waals surface area contributed by atoms with Crippen LogP contribution in [-0.4, -0.2) is 86.9 Å². The number of nitrogens with zero attached hydrogens (tertiary/aromatic N) is 3. The molecule has 0 aliphatic carbocycles. The van der Waals surface area contributed by atoms with Crippen LogP contribution < -0.4 is 14.8 Å². The van der Waals surface area contributed by atoms with Crippen molar-refractivity contribution in [1.29, 1.82) is 0 Å². The van der Waals surface area contributed by atoms with Gasteiger partial charge in [0.1, 0.15) is 16.7 Å². The Hall–Kier alpha value is -3.91. The van der Waals surface area contributed by atoms with Gasteiger partial charge in [-0.2, -0.15) is 4.31 Å². The molecule has 2 fully saturated rings. The molecule has 2 aliphatic heterocycles.